The predicted octanol–water partition coefficient (Wildman–Crippen LogP) is 5.29. The average molecular weight is 457 g/mol. The number of methoxy groups -OCH3 is 1. The van der Waals surface area contributed by atoms with Crippen LogP contribution in [-0.2, 0) is 15.8 Å². The van der Waals surface area contributed by atoms with Gasteiger partial charge < -0.3 is 9.47 Å². The molecule has 0 unspecified atom stereocenters. The average Bonchev–Trinajstić information content (AvgIpc) is 3.57. The zero-order chi connectivity index (χ0) is 23.1. The first-order valence-electron chi connectivity index (χ1n) is 11.2. The number of nitrogens with zero attached hydrogens (tertiary/aromatic N) is 1. The summed E-state index contributed by atoms with van der Waals surface area (Å²) in [5.74, 6) is 0.260. The maximum atomic E-state index is 13.6. The Balaban J connectivity index is 1.44. The fraction of sp³-hybridized carbons (Fsp3) is 0.440. The van der Waals surface area contributed by atoms with Gasteiger partial charge in [0.25, 0.3) is 0 Å². The first-order chi connectivity index (χ1) is 15.8. The molecule has 1 heterocycles. The molecule has 4 saturated carbocycles. The lowest BCUT2D eigenvalue weighted by Gasteiger charge is -2.42. The van der Waals surface area contributed by atoms with Gasteiger partial charge in [0.15, 0.2) is 17.2 Å². The monoisotopic (exact) mass is 457 g/mol. The standard InChI is InChI=1S/C25H22F3NO4/c1-32-19-4-2-3-5-20(19)33-18-9-6-12(25(26,27)28)10-17(18)29-23(30)21-13-7-8-14(16-11-15(13)16)22(21)24(29)31/h2-6,9-10,13-16,21-22H,7-8,11H2,1H3/t13-,14+,15+,16-,21-,22+. The van der Waals surface area contributed by atoms with Crippen molar-refractivity contribution < 1.29 is 32.2 Å². The van der Waals surface area contributed by atoms with Gasteiger partial charge in [-0.05, 0) is 73.3 Å². The van der Waals surface area contributed by atoms with E-state index in [1.165, 1.54) is 13.2 Å². The van der Waals surface area contributed by atoms with Crippen LogP contribution in [0.3, 0.4) is 0 Å². The highest BCUT2D eigenvalue weighted by Crippen LogP contribution is 2.68. The normalized spacial score (nSPS) is 31.9. The Hall–Kier alpha value is -3.03. The summed E-state index contributed by atoms with van der Waals surface area (Å²) < 4.78 is 51.9. The summed E-state index contributed by atoms with van der Waals surface area (Å²) in [5.41, 5.74) is -1.10. The SMILES string of the molecule is COc1ccccc1Oc1ccc(C(F)(F)F)cc1N1C(=O)[C@@H]2[C@@H]3CC[C@@H]([C@H]4C[C@H]43)[C@@H]2C1=O. The third-order valence-corrected chi connectivity index (χ3v) is 7.96. The zero-order valence-electron chi connectivity index (χ0n) is 17.8. The lowest BCUT2D eigenvalue weighted by Crippen LogP contribution is -2.43. The van der Waals surface area contributed by atoms with E-state index in [0.29, 0.717) is 17.6 Å². The summed E-state index contributed by atoms with van der Waals surface area (Å²) in [6.07, 6.45) is -1.74. The highest BCUT2D eigenvalue weighted by Gasteiger charge is 2.68. The van der Waals surface area contributed by atoms with Crippen molar-refractivity contribution in [2.24, 2.45) is 35.5 Å². The second kappa shape index (κ2) is 6.98. The second-order valence-corrected chi connectivity index (χ2v) is 9.47. The van der Waals surface area contributed by atoms with E-state index in [1.807, 2.05) is 0 Å². The highest BCUT2D eigenvalue weighted by molar-refractivity contribution is 6.23. The van der Waals surface area contributed by atoms with Gasteiger partial charge in [-0.25, -0.2) is 4.90 Å². The predicted molar refractivity (Wildman–Crippen MR) is 112 cm³/mol. The molecule has 2 bridgehead atoms. The molecule has 33 heavy (non-hydrogen) atoms. The number of amides is 2. The Morgan fingerprint density at radius 3 is 2.03 bits per heavy atom. The van der Waals surface area contributed by atoms with Crippen molar-refractivity contribution in [1.29, 1.82) is 0 Å². The molecule has 7 rings (SSSR count). The molecule has 5 aliphatic rings. The largest absolute Gasteiger partial charge is 0.493 e. The summed E-state index contributed by atoms with van der Waals surface area (Å²) in [7, 11) is 1.45. The summed E-state index contributed by atoms with van der Waals surface area (Å²) in [6, 6.07) is 9.61. The van der Waals surface area contributed by atoms with E-state index in [2.05, 4.69) is 0 Å². The number of fused-ring (bicyclic) bond motifs is 1. The topological polar surface area (TPSA) is 55.8 Å². The molecule has 5 nitrogen and oxygen atoms in total. The van der Waals surface area contributed by atoms with Crippen LogP contribution in [0.25, 0.3) is 0 Å². The second-order valence-electron chi connectivity index (χ2n) is 9.47. The zero-order valence-corrected chi connectivity index (χ0v) is 17.8. The summed E-state index contributed by atoms with van der Waals surface area (Å²) >= 11 is 0. The number of rotatable bonds is 4. The maximum absolute atomic E-state index is 13.6. The van der Waals surface area contributed by atoms with Crippen molar-refractivity contribution in [3.63, 3.8) is 0 Å². The van der Waals surface area contributed by atoms with Gasteiger partial charge in [-0.15, -0.1) is 0 Å². The third kappa shape index (κ3) is 2.99. The molecule has 0 spiro atoms. The molecule has 4 aliphatic carbocycles. The van der Waals surface area contributed by atoms with Crippen molar-refractivity contribution in [3.8, 4) is 17.2 Å². The molecule has 8 heteroatoms. The lowest BCUT2D eigenvalue weighted by molar-refractivity contribution is -0.137. The van der Waals surface area contributed by atoms with Gasteiger partial charge in [-0.1, -0.05) is 12.1 Å². The van der Waals surface area contributed by atoms with Crippen LogP contribution in [0.15, 0.2) is 42.5 Å². The molecule has 0 radical (unpaired) electrons. The Morgan fingerprint density at radius 2 is 1.45 bits per heavy atom. The van der Waals surface area contributed by atoms with Crippen molar-refractivity contribution in [2.75, 3.05) is 12.0 Å². The molecular formula is C25H22F3NO4. The molecular weight excluding hydrogens is 435 g/mol. The van der Waals surface area contributed by atoms with Crippen LogP contribution < -0.4 is 14.4 Å². The summed E-state index contributed by atoms with van der Waals surface area (Å²) in [6.45, 7) is 0. The fourth-order valence-electron chi connectivity index (χ4n) is 6.55. The van der Waals surface area contributed by atoms with Gasteiger partial charge in [0.1, 0.15) is 0 Å². The van der Waals surface area contributed by atoms with Crippen LogP contribution in [0.4, 0.5) is 18.9 Å². The molecule has 172 valence electrons. The third-order valence-electron chi connectivity index (χ3n) is 7.96. The molecule has 2 aromatic rings. The first-order valence-corrected chi connectivity index (χ1v) is 11.2. The van der Waals surface area contributed by atoms with Crippen molar-refractivity contribution in [3.05, 3.63) is 48.0 Å². The smallest absolute Gasteiger partial charge is 0.416 e. The number of carbonyl (C=O) groups is 2. The van der Waals surface area contributed by atoms with E-state index in [9.17, 15) is 22.8 Å². The van der Waals surface area contributed by atoms with Gasteiger partial charge in [0.2, 0.25) is 11.8 Å². The van der Waals surface area contributed by atoms with Crippen LogP contribution in [0.1, 0.15) is 24.8 Å². The Labute approximate surface area is 188 Å². The highest BCUT2D eigenvalue weighted by atomic mass is 19.4. The molecule has 2 amide bonds. The summed E-state index contributed by atoms with van der Waals surface area (Å²) in [5, 5.41) is 0. The number of alkyl halides is 3. The van der Waals surface area contributed by atoms with Crippen LogP contribution in [0.5, 0.6) is 17.2 Å². The van der Waals surface area contributed by atoms with Crippen LogP contribution in [0.2, 0.25) is 0 Å². The number of benzene rings is 2. The molecule has 5 fully saturated rings. The number of ether oxygens (including phenoxy) is 2. The number of para-hydroxylation sites is 2. The molecule has 0 aromatic heterocycles. The van der Waals surface area contributed by atoms with Crippen molar-refractivity contribution in [2.45, 2.75) is 25.4 Å². The molecule has 1 aliphatic heterocycles. The summed E-state index contributed by atoms with van der Waals surface area (Å²) in [4.78, 5) is 28.0. The van der Waals surface area contributed by atoms with Gasteiger partial charge in [0.05, 0.1) is 30.2 Å². The van der Waals surface area contributed by atoms with E-state index in [1.54, 1.807) is 24.3 Å². The van der Waals surface area contributed by atoms with Crippen LogP contribution in [0, 0.1) is 35.5 Å². The number of halogens is 3. The lowest BCUT2D eigenvalue weighted by atomic mass is 9.59. The minimum atomic E-state index is -4.63. The van der Waals surface area contributed by atoms with E-state index < -0.39 is 35.4 Å². The Morgan fingerprint density at radius 1 is 0.848 bits per heavy atom. The quantitative estimate of drug-likeness (QED) is 0.586. The number of carbonyl (C=O) groups excluding carboxylic acids is 2. The van der Waals surface area contributed by atoms with E-state index in [4.69, 9.17) is 9.47 Å². The Kier molecular flexibility index (Phi) is 4.35. The maximum Gasteiger partial charge on any atom is 0.416 e. The number of hydrogen-bond acceptors (Lipinski definition) is 4. The van der Waals surface area contributed by atoms with Crippen molar-refractivity contribution in [1.82, 2.24) is 0 Å². The first kappa shape index (κ1) is 20.6. The molecule has 6 atom stereocenters. The Bertz CT molecular complexity index is 1130. The molecule has 0 N–H and O–H groups in total. The van der Waals surface area contributed by atoms with Gasteiger partial charge >= 0.3 is 6.18 Å². The minimum absolute atomic E-state index is 0.00496. The number of anilines is 1. The molecule has 1 saturated heterocycles. The van der Waals surface area contributed by atoms with Crippen molar-refractivity contribution >= 4 is 17.5 Å². The van der Waals surface area contributed by atoms with E-state index >= 15 is 0 Å². The van der Waals surface area contributed by atoms with E-state index in [0.717, 1.165) is 36.3 Å². The number of hydrogen-bond donors (Lipinski definition) is 0. The number of imide groups is 1. The minimum Gasteiger partial charge on any atom is -0.493 e. The van der Waals surface area contributed by atoms with Gasteiger partial charge in [0, 0.05) is 0 Å². The molecule has 2 aromatic carbocycles. The van der Waals surface area contributed by atoms with Gasteiger partial charge in [-0.2, -0.15) is 13.2 Å². The van der Waals surface area contributed by atoms with Crippen LogP contribution in [-0.4, -0.2) is 18.9 Å². The van der Waals surface area contributed by atoms with Crippen LogP contribution >= 0.6 is 0 Å². The fourth-order valence-corrected chi connectivity index (χ4v) is 6.55. The van der Waals surface area contributed by atoms with E-state index in [-0.39, 0.29) is 29.0 Å². The van der Waals surface area contributed by atoms with Gasteiger partial charge in [-0.3, -0.25) is 9.59 Å².